The number of benzene rings is 2. The lowest BCUT2D eigenvalue weighted by Crippen LogP contribution is -2.47. The Morgan fingerprint density at radius 2 is 1.60 bits per heavy atom. The first kappa shape index (κ1) is 21.8. The zero-order chi connectivity index (χ0) is 21.5. The van der Waals surface area contributed by atoms with Crippen LogP contribution in [-0.4, -0.2) is 54.8 Å². The molecule has 0 aromatic heterocycles. The van der Waals surface area contributed by atoms with E-state index < -0.39 is 0 Å². The zero-order valence-corrected chi connectivity index (χ0v) is 18.1. The summed E-state index contributed by atoms with van der Waals surface area (Å²) in [5.74, 6) is 0.470. The summed E-state index contributed by atoms with van der Waals surface area (Å²) >= 11 is 0. The van der Waals surface area contributed by atoms with Gasteiger partial charge in [0.15, 0.2) is 0 Å². The number of carbonyl (C=O) groups excluding carboxylic acids is 2. The summed E-state index contributed by atoms with van der Waals surface area (Å²) in [5, 5.41) is 2.60. The monoisotopic (exact) mass is 405 g/mol. The molecule has 0 bridgehead atoms. The lowest BCUT2D eigenvalue weighted by atomic mass is 10.0. The molecule has 0 atom stereocenters. The van der Waals surface area contributed by atoms with Crippen molar-refractivity contribution in [2.24, 2.45) is 0 Å². The van der Waals surface area contributed by atoms with Gasteiger partial charge in [0, 0.05) is 51.4 Å². The zero-order valence-electron chi connectivity index (χ0n) is 18.1. The Labute approximate surface area is 179 Å². The molecule has 1 aliphatic rings. The summed E-state index contributed by atoms with van der Waals surface area (Å²) in [6.45, 7) is 8.58. The van der Waals surface area contributed by atoms with E-state index >= 15 is 0 Å². The molecule has 3 rings (SSSR count). The fourth-order valence-corrected chi connectivity index (χ4v) is 3.56. The van der Waals surface area contributed by atoms with Gasteiger partial charge in [0.2, 0.25) is 5.91 Å². The number of piperazine rings is 1. The molecular weight excluding hydrogens is 374 g/mol. The van der Waals surface area contributed by atoms with Crippen LogP contribution in [0.15, 0.2) is 54.6 Å². The fourth-order valence-electron chi connectivity index (χ4n) is 3.56. The fraction of sp³-hybridized carbons (Fsp3) is 0.360. The van der Waals surface area contributed by atoms with E-state index in [0.29, 0.717) is 11.5 Å². The average Bonchev–Trinajstić information content (AvgIpc) is 2.78. The van der Waals surface area contributed by atoms with Gasteiger partial charge in [0.25, 0.3) is 5.91 Å². The predicted molar refractivity (Wildman–Crippen MR) is 121 cm³/mol. The number of hydrogen-bond donors (Lipinski definition) is 1. The van der Waals surface area contributed by atoms with E-state index in [1.165, 1.54) is 11.1 Å². The Kier molecular flexibility index (Phi) is 7.41. The van der Waals surface area contributed by atoms with Crippen molar-refractivity contribution in [1.82, 2.24) is 15.1 Å². The summed E-state index contributed by atoms with van der Waals surface area (Å²) in [6, 6.07) is 16.1. The molecule has 0 spiro atoms. The first-order chi connectivity index (χ1) is 14.5. The Morgan fingerprint density at radius 1 is 0.967 bits per heavy atom. The molecule has 5 heteroatoms. The van der Waals surface area contributed by atoms with Crippen LogP contribution in [-0.2, 0) is 11.3 Å². The molecule has 2 amide bonds. The van der Waals surface area contributed by atoms with Crippen LogP contribution >= 0.6 is 0 Å². The van der Waals surface area contributed by atoms with Crippen LogP contribution in [0.2, 0.25) is 0 Å². The quantitative estimate of drug-likeness (QED) is 0.748. The van der Waals surface area contributed by atoms with E-state index in [1.807, 2.05) is 17.0 Å². The molecule has 2 aromatic carbocycles. The van der Waals surface area contributed by atoms with Crippen LogP contribution in [0.1, 0.15) is 46.8 Å². The molecule has 5 nitrogen and oxygen atoms in total. The predicted octanol–water partition coefficient (Wildman–Crippen LogP) is 3.53. The Hall–Kier alpha value is -2.92. The Morgan fingerprint density at radius 3 is 2.17 bits per heavy atom. The molecule has 0 aliphatic carbocycles. The van der Waals surface area contributed by atoms with Gasteiger partial charge in [-0.1, -0.05) is 50.2 Å². The summed E-state index contributed by atoms with van der Waals surface area (Å²) in [7, 11) is 1.61. The van der Waals surface area contributed by atoms with Crippen LogP contribution in [0.3, 0.4) is 0 Å². The molecule has 30 heavy (non-hydrogen) atoms. The summed E-state index contributed by atoms with van der Waals surface area (Å²) in [6.07, 6.45) is 3.42. The minimum absolute atomic E-state index is 0.0336. The van der Waals surface area contributed by atoms with Gasteiger partial charge in [-0.25, -0.2) is 0 Å². The maximum absolute atomic E-state index is 12.5. The second-order valence-electron chi connectivity index (χ2n) is 8.03. The number of carbonyl (C=O) groups is 2. The maximum atomic E-state index is 12.5. The van der Waals surface area contributed by atoms with E-state index in [2.05, 4.69) is 48.3 Å². The van der Waals surface area contributed by atoms with E-state index in [9.17, 15) is 9.59 Å². The summed E-state index contributed by atoms with van der Waals surface area (Å²) < 4.78 is 0. The van der Waals surface area contributed by atoms with E-state index in [-0.39, 0.29) is 11.8 Å². The van der Waals surface area contributed by atoms with Gasteiger partial charge in [-0.15, -0.1) is 0 Å². The molecule has 0 saturated carbocycles. The Balaban J connectivity index is 1.47. The second kappa shape index (κ2) is 10.2. The molecule has 0 unspecified atom stereocenters. The highest BCUT2D eigenvalue weighted by Crippen LogP contribution is 2.16. The lowest BCUT2D eigenvalue weighted by Gasteiger charge is -2.34. The molecule has 1 fully saturated rings. The molecule has 1 heterocycles. The van der Waals surface area contributed by atoms with Crippen molar-refractivity contribution in [3.8, 4) is 0 Å². The van der Waals surface area contributed by atoms with E-state index in [0.717, 1.165) is 38.3 Å². The van der Waals surface area contributed by atoms with Crippen molar-refractivity contribution in [3.05, 3.63) is 76.9 Å². The summed E-state index contributed by atoms with van der Waals surface area (Å²) in [4.78, 5) is 28.4. The van der Waals surface area contributed by atoms with Gasteiger partial charge in [-0.05, 0) is 40.8 Å². The molecule has 1 N–H and O–H groups in total. The number of rotatable bonds is 6. The van der Waals surface area contributed by atoms with Crippen molar-refractivity contribution in [2.75, 3.05) is 33.2 Å². The molecule has 1 aliphatic heterocycles. The van der Waals surface area contributed by atoms with Gasteiger partial charge in [0.05, 0.1) is 0 Å². The van der Waals surface area contributed by atoms with Gasteiger partial charge in [-0.3, -0.25) is 14.5 Å². The topological polar surface area (TPSA) is 52.7 Å². The number of nitrogens with one attached hydrogen (secondary N) is 1. The molecule has 2 aromatic rings. The van der Waals surface area contributed by atoms with Gasteiger partial charge in [0.1, 0.15) is 0 Å². The third-order valence-corrected chi connectivity index (χ3v) is 5.55. The Bertz CT molecular complexity index is 878. The minimum Gasteiger partial charge on any atom is -0.355 e. The third-order valence-electron chi connectivity index (χ3n) is 5.55. The maximum Gasteiger partial charge on any atom is 0.251 e. The normalized spacial score (nSPS) is 15.0. The van der Waals surface area contributed by atoms with Crippen molar-refractivity contribution in [3.63, 3.8) is 0 Å². The van der Waals surface area contributed by atoms with Crippen LogP contribution in [0.5, 0.6) is 0 Å². The van der Waals surface area contributed by atoms with Crippen molar-refractivity contribution < 1.29 is 9.59 Å². The molecular formula is C25H31N3O2. The smallest absolute Gasteiger partial charge is 0.251 e. The van der Waals surface area contributed by atoms with Crippen molar-refractivity contribution >= 4 is 17.9 Å². The summed E-state index contributed by atoms with van der Waals surface area (Å²) in [5.41, 5.74) is 4.19. The molecule has 1 saturated heterocycles. The van der Waals surface area contributed by atoms with E-state index in [1.54, 1.807) is 31.3 Å². The lowest BCUT2D eigenvalue weighted by molar-refractivity contribution is -0.127. The third kappa shape index (κ3) is 5.80. The van der Waals surface area contributed by atoms with Crippen LogP contribution < -0.4 is 5.32 Å². The van der Waals surface area contributed by atoms with E-state index in [4.69, 9.17) is 0 Å². The van der Waals surface area contributed by atoms with Crippen molar-refractivity contribution in [1.29, 1.82) is 0 Å². The molecule has 158 valence electrons. The standard InChI is InChI=1S/C25H31N3O2/c1-19(2)22-9-6-21(7-10-22)18-27-14-16-28(17-15-27)24(29)13-8-20-4-11-23(12-5-20)25(30)26-3/h4-13,19H,14-18H2,1-3H3,(H,26,30)/b13-8+. The van der Waals surface area contributed by atoms with Gasteiger partial charge < -0.3 is 10.2 Å². The van der Waals surface area contributed by atoms with Crippen LogP contribution in [0.25, 0.3) is 6.08 Å². The van der Waals surface area contributed by atoms with Crippen molar-refractivity contribution in [2.45, 2.75) is 26.3 Å². The highest BCUT2D eigenvalue weighted by molar-refractivity contribution is 5.94. The largest absolute Gasteiger partial charge is 0.355 e. The number of amides is 2. The second-order valence-corrected chi connectivity index (χ2v) is 8.03. The SMILES string of the molecule is CNC(=O)c1ccc(/C=C/C(=O)N2CCN(Cc3ccc(C(C)C)cc3)CC2)cc1. The van der Waals surface area contributed by atoms with Gasteiger partial charge in [-0.2, -0.15) is 0 Å². The first-order valence-corrected chi connectivity index (χ1v) is 10.6. The highest BCUT2D eigenvalue weighted by Gasteiger charge is 2.19. The van der Waals surface area contributed by atoms with Crippen LogP contribution in [0, 0.1) is 0 Å². The van der Waals surface area contributed by atoms with Gasteiger partial charge >= 0.3 is 0 Å². The minimum atomic E-state index is -0.115. The molecule has 0 radical (unpaired) electrons. The highest BCUT2D eigenvalue weighted by atomic mass is 16.2. The average molecular weight is 406 g/mol. The first-order valence-electron chi connectivity index (χ1n) is 10.6. The van der Waals surface area contributed by atoms with Crippen LogP contribution in [0.4, 0.5) is 0 Å². The number of nitrogens with zero attached hydrogens (tertiary/aromatic N) is 2. The number of hydrogen-bond acceptors (Lipinski definition) is 3.